The van der Waals surface area contributed by atoms with Gasteiger partial charge in [-0.2, -0.15) is 0 Å². The quantitative estimate of drug-likeness (QED) is 0.878. The number of fused-ring (bicyclic) bond motifs is 1. The lowest BCUT2D eigenvalue weighted by Gasteiger charge is -2.30. The molecule has 1 saturated heterocycles. The minimum atomic E-state index is -0.0306. The van der Waals surface area contributed by atoms with Crippen LogP contribution < -0.4 is 5.32 Å². The number of benzene rings is 1. The molecule has 1 aromatic carbocycles. The zero-order valence-corrected chi connectivity index (χ0v) is 10.8. The summed E-state index contributed by atoms with van der Waals surface area (Å²) in [6.45, 7) is 5.13. The van der Waals surface area contributed by atoms with Crippen LogP contribution >= 0.6 is 0 Å². The fourth-order valence-corrected chi connectivity index (χ4v) is 2.49. The molecule has 0 amide bonds. The summed E-state index contributed by atoms with van der Waals surface area (Å²) < 4.78 is 5.66. The topological polar surface area (TPSA) is 34.1 Å². The van der Waals surface area contributed by atoms with Crippen molar-refractivity contribution in [1.82, 2.24) is 4.98 Å². The SMILES string of the molecule is CC1OCCC1(C)Nc1nccc2ccccc12. The molecule has 3 nitrogen and oxygen atoms in total. The van der Waals surface area contributed by atoms with Crippen LogP contribution in [0.5, 0.6) is 0 Å². The van der Waals surface area contributed by atoms with Gasteiger partial charge in [-0.15, -0.1) is 0 Å². The van der Waals surface area contributed by atoms with E-state index in [2.05, 4.69) is 42.3 Å². The van der Waals surface area contributed by atoms with Crippen molar-refractivity contribution in [2.24, 2.45) is 0 Å². The minimum Gasteiger partial charge on any atom is -0.376 e. The van der Waals surface area contributed by atoms with E-state index in [1.54, 1.807) is 0 Å². The maximum absolute atomic E-state index is 5.66. The van der Waals surface area contributed by atoms with Crippen LogP contribution in [-0.4, -0.2) is 23.2 Å². The molecule has 0 spiro atoms. The van der Waals surface area contributed by atoms with Crippen molar-refractivity contribution < 1.29 is 4.74 Å². The maximum Gasteiger partial charge on any atom is 0.134 e. The number of hydrogen-bond acceptors (Lipinski definition) is 3. The van der Waals surface area contributed by atoms with Crippen LogP contribution in [0.4, 0.5) is 5.82 Å². The fraction of sp³-hybridized carbons (Fsp3) is 0.400. The smallest absolute Gasteiger partial charge is 0.134 e. The van der Waals surface area contributed by atoms with E-state index in [1.807, 2.05) is 18.3 Å². The highest BCUT2D eigenvalue weighted by Gasteiger charge is 2.37. The van der Waals surface area contributed by atoms with Gasteiger partial charge in [-0.25, -0.2) is 4.98 Å². The zero-order chi connectivity index (χ0) is 12.6. The maximum atomic E-state index is 5.66. The van der Waals surface area contributed by atoms with Crippen molar-refractivity contribution >= 4 is 16.6 Å². The first-order chi connectivity index (χ1) is 8.69. The van der Waals surface area contributed by atoms with Crippen LogP contribution in [0.15, 0.2) is 36.5 Å². The highest BCUT2D eigenvalue weighted by molar-refractivity contribution is 5.91. The van der Waals surface area contributed by atoms with Gasteiger partial charge in [-0.1, -0.05) is 24.3 Å². The lowest BCUT2D eigenvalue weighted by molar-refractivity contribution is 0.105. The molecule has 1 aliphatic rings. The Morgan fingerprint density at radius 1 is 1.33 bits per heavy atom. The van der Waals surface area contributed by atoms with E-state index in [9.17, 15) is 0 Å². The number of pyridine rings is 1. The Hall–Kier alpha value is -1.61. The lowest BCUT2D eigenvalue weighted by Crippen LogP contribution is -2.41. The third-order valence-corrected chi connectivity index (χ3v) is 3.96. The Labute approximate surface area is 107 Å². The van der Waals surface area contributed by atoms with Crippen molar-refractivity contribution in [3.63, 3.8) is 0 Å². The molecule has 2 unspecified atom stereocenters. The summed E-state index contributed by atoms with van der Waals surface area (Å²) >= 11 is 0. The first-order valence-corrected chi connectivity index (χ1v) is 6.43. The number of nitrogens with one attached hydrogen (secondary N) is 1. The molecule has 1 N–H and O–H groups in total. The van der Waals surface area contributed by atoms with Gasteiger partial charge in [0.2, 0.25) is 0 Å². The highest BCUT2D eigenvalue weighted by atomic mass is 16.5. The number of aromatic nitrogens is 1. The van der Waals surface area contributed by atoms with Gasteiger partial charge in [0.1, 0.15) is 5.82 Å². The Morgan fingerprint density at radius 2 is 2.17 bits per heavy atom. The monoisotopic (exact) mass is 242 g/mol. The molecule has 18 heavy (non-hydrogen) atoms. The summed E-state index contributed by atoms with van der Waals surface area (Å²) in [5.41, 5.74) is -0.0306. The Balaban J connectivity index is 2.00. The summed E-state index contributed by atoms with van der Waals surface area (Å²) in [5.74, 6) is 0.952. The van der Waals surface area contributed by atoms with Gasteiger partial charge < -0.3 is 10.1 Å². The van der Waals surface area contributed by atoms with Gasteiger partial charge in [-0.05, 0) is 31.7 Å². The second kappa shape index (κ2) is 4.25. The average molecular weight is 242 g/mol. The largest absolute Gasteiger partial charge is 0.376 e. The van der Waals surface area contributed by atoms with Crippen LogP contribution in [0.2, 0.25) is 0 Å². The highest BCUT2D eigenvalue weighted by Crippen LogP contribution is 2.31. The van der Waals surface area contributed by atoms with Gasteiger partial charge >= 0.3 is 0 Å². The van der Waals surface area contributed by atoms with Gasteiger partial charge in [-0.3, -0.25) is 0 Å². The summed E-state index contributed by atoms with van der Waals surface area (Å²) in [6, 6.07) is 10.4. The molecule has 3 heteroatoms. The predicted molar refractivity (Wildman–Crippen MR) is 73.8 cm³/mol. The third-order valence-electron chi connectivity index (χ3n) is 3.96. The van der Waals surface area contributed by atoms with Gasteiger partial charge in [0.25, 0.3) is 0 Å². The molecule has 2 atom stereocenters. The third kappa shape index (κ3) is 1.85. The van der Waals surface area contributed by atoms with Crippen molar-refractivity contribution in [2.75, 3.05) is 11.9 Å². The van der Waals surface area contributed by atoms with E-state index >= 15 is 0 Å². The molecule has 2 aromatic rings. The zero-order valence-electron chi connectivity index (χ0n) is 10.8. The summed E-state index contributed by atoms with van der Waals surface area (Å²) in [5, 5.41) is 5.95. The second-order valence-electron chi connectivity index (χ2n) is 5.19. The molecule has 1 aromatic heterocycles. The van der Waals surface area contributed by atoms with Crippen LogP contribution in [0.25, 0.3) is 10.8 Å². The number of anilines is 1. The van der Waals surface area contributed by atoms with Gasteiger partial charge in [0, 0.05) is 18.2 Å². The standard InChI is InChI=1S/C15H18N2O/c1-11-15(2,8-10-18-11)17-14-13-6-4-3-5-12(13)7-9-16-14/h3-7,9,11H,8,10H2,1-2H3,(H,16,17). The second-order valence-corrected chi connectivity index (χ2v) is 5.19. The van der Waals surface area contributed by atoms with Crippen molar-refractivity contribution in [3.8, 4) is 0 Å². The summed E-state index contributed by atoms with van der Waals surface area (Å²) in [6.07, 6.45) is 3.08. The van der Waals surface area contributed by atoms with Crippen LogP contribution in [-0.2, 0) is 4.74 Å². The number of ether oxygens (including phenoxy) is 1. The van der Waals surface area contributed by atoms with Crippen LogP contribution in [0.3, 0.4) is 0 Å². The minimum absolute atomic E-state index is 0.0306. The van der Waals surface area contributed by atoms with E-state index < -0.39 is 0 Å². The molecule has 94 valence electrons. The van der Waals surface area contributed by atoms with Crippen molar-refractivity contribution in [3.05, 3.63) is 36.5 Å². The van der Waals surface area contributed by atoms with Gasteiger partial charge in [0.15, 0.2) is 0 Å². The first-order valence-electron chi connectivity index (χ1n) is 6.43. The number of hydrogen-bond donors (Lipinski definition) is 1. The Morgan fingerprint density at radius 3 is 2.94 bits per heavy atom. The normalized spacial score (nSPS) is 27.6. The fourth-order valence-electron chi connectivity index (χ4n) is 2.49. The molecule has 1 fully saturated rings. The predicted octanol–water partition coefficient (Wildman–Crippen LogP) is 3.21. The lowest BCUT2D eigenvalue weighted by atomic mass is 9.94. The van der Waals surface area contributed by atoms with E-state index in [1.165, 1.54) is 10.8 Å². The molecule has 0 radical (unpaired) electrons. The van der Waals surface area contributed by atoms with E-state index in [4.69, 9.17) is 4.74 Å². The molecule has 3 rings (SSSR count). The molecule has 2 heterocycles. The molecular formula is C15H18N2O. The molecule has 0 saturated carbocycles. The average Bonchev–Trinajstić information content (AvgIpc) is 2.70. The summed E-state index contributed by atoms with van der Waals surface area (Å²) in [7, 11) is 0. The molecule has 1 aliphatic heterocycles. The first kappa shape index (κ1) is 11.5. The number of rotatable bonds is 2. The Kier molecular flexibility index (Phi) is 2.71. The molecular weight excluding hydrogens is 224 g/mol. The van der Waals surface area contributed by atoms with E-state index in [0.29, 0.717) is 0 Å². The van der Waals surface area contributed by atoms with E-state index in [0.717, 1.165) is 18.8 Å². The number of nitrogens with zero attached hydrogens (tertiary/aromatic N) is 1. The van der Waals surface area contributed by atoms with Crippen molar-refractivity contribution in [1.29, 1.82) is 0 Å². The van der Waals surface area contributed by atoms with Crippen molar-refractivity contribution in [2.45, 2.75) is 31.9 Å². The summed E-state index contributed by atoms with van der Waals surface area (Å²) in [4.78, 5) is 4.48. The van der Waals surface area contributed by atoms with Gasteiger partial charge in [0.05, 0.1) is 11.6 Å². The molecule has 0 aliphatic carbocycles. The van der Waals surface area contributed by atoms with Crippen LogP contribution in [0, 0.1) is 0 Å². The Bertz CT molecular complexity index is 564. The van der Waals surface area contributed by atoms with Crippen LogP contribution in [0.1, 0.15) is 20.3 Å². The van der Waals surface area contributed by atoms with E-state index in [-0.39, 0.29) is 11.6 Å². The molecule has 0 bridgehead atoms.